The van der Waals surface area contributed by atoms with Crippen LogP contribution in [0.2, 0.25) is 0 Å². The molecule has 0 heterocycles. The highest BCUT2D eigenvalue weighted by atomic mass is 16.5. The molecule has 0 N–H and O–H groups in total. The molecule has 4 aliphatic rings. The molecule has 4 rings (SSSR count). The van der Waals surface area contributed by atoms with Crippen molar-refractivity contribution in [1.82, 2.24) is 0 Å². The van der Waals surface area contributed by atoms with E-state index in [1.54, 1.807) is 6.08 Å². The van der Waals surface area contributed by atoms with Gasteiger partial charge in [-0.2, -0.15) is 0 Å². The predicted molar refractivity (Wildman–Crippen MR) is 102 cm³/mol. The van der Waals surface area contributed by atoms with Gasteiger partial charge in [0, 0.05) is 29.6 Å². The van der Waals surface area contributed by atoms with E-state index in [-0.39, 0.29) is 40.9 Å². The van der Waals surface area contributed by atoms with Crippen molar-refractivity contribution in [2.24, 2.45) is 28.1 Å². The molecular weight excluding hydrogens is 340 g/mol. The van der Waals surface area contributed by atoms with Crippen molar-refractivity contribution in [2.75, 3.05) is 0 Å². The number of esters is 1. The molecule has 0 amide bonds. The van der Waals surface area contributed by atoms with Crippen molar-refractivity contribution < 1.29 is 19.1 Å². The second-order valence-electron chi connectivity index (χ2n) is 9.86. The zero-order valence-corrected chi connectivity index (χ0v) is 17.1. The van der Waals surface area contributed by atoms with E-state index in [1.807, 2.05) is 19.9 Å². The predicted octanol–water partition coefficient (Wildman–Crippen LogP) is 4.19. The third kappa shape index (κ3) is 2.25. The van der Waals surface area contributed by atoms with Crippen LogP contribution in [-0.2, 0) is 19.1 Å². The average Bonchev–Trinajstić information content (AvgIpc) is 3.02. The van der Waals surface area contributed by atoms with E-state index in [4.69, 9.17) is 4.74 Å². The van der Waals surface area contributed by atoms with Gasteiger partial charge in [-0.25, -0.2) is 0 Å². The third-order valence-corrected chi connectivity index (χ3v) is 8.55. The third-order valence-electron chi connectivity index (χ3n) is 8.55. The maximum atomic E-state index is 13.4. The van der Waals surface area contributed by atoms with Crippen LogP contribution < -0.4 is 0 Å². The molecule has 5 unspecified atom stereocenters. The number of Topliss-reactive ketones (excluding diaryl/α,β-unsaturated/α-hetero) is 1. The SMILES string of the molecule is CC(=O)OC1CCC2C3=C(CCC12C)C(C)C1(C=CC(=O)C1(C)C)CC3=O. The monoisotopic (exact) mass is 370 g/mol. The molecule has 27 heavy (non-hydrogen) atoms. The number of fused-ring (bicyclic) bond motifs is 2. The lowest BCUT2D eigenvalue weighted by atomic mass is 9.50. The smallest absolute Gasteiger partial charge is 0.302 e. The van der Waals surface area contributed by atoms with Gasteiger partial charge in [0.2, 0.25) is 0 Å². The van der Waals surface area contributed by atoms with E-state index >= 15 is 0 Å². The molecular formula is C23H30O4. The average molecular weight is 370 g/mol. The van der Waals surface area contributed by atoms with Gasteiger partial charge in [0.15, 0.2) is 11.6 Å². The minimum Gasteiger partial charge on any atom is -0.462 e. The standard InChI is InChI=1S/C23H30O4/c1-13-15-8-10-22(5)16(6-7-19(22)27-14(2)24)20(15)17(25)12-23(13)11-9-18(26)21(23,3)4/h9,11,13,16,19H,6-8,10,12H2,1-5H3. The lowest BCUT2D eigenvalue weighted by molar-refractivity contribution is -0.152. The Morgan fingerprint density at radius 1 is 1.19 bits per heavy atom. The Morgan fingerprint density at radius 2 is 1.89 bits per heavy atom. The molecule has 4 heteroatoms. The van der Waals surface area contributed by atoms with E-state index in [1.165, 1.54) is 12.5 Å². The van der Waals surface area contributed by atoms with Gasteiger partial charge in [0.05, 0.1) is 0 Å². The number of rotatable bonds is 1. The van der Waals surface area contributed by atoms with E-state index in [0.717, 1.165) is 31.3 Å². The number of hydrogen-bond acceptors (Lipinski definition) is 4. The summed E-state index contributed by atoms with van der Waals surface area (Å²) >= 11 is 0. The van der Waals surface area contributed by atoms with Crippen molar-refractivity contribution in [3.05, 3.63) is 23.3 Å². The van der Waals surface area contributed by atoms with E-state index in [0.29, 0.717) is 6.42 Å². The van der Waals surface area contributed by atoms with Crippen LogP contribution >= 0.6 is 0 Å². The topological polar surface area (TPSA) is 60.4 Å². The van der Waals surface area contributed by atoms with Crippen LogP contribution in [0.4, 0.5) is 0 Å². The number of carbonyl (C=O) groups is 3. The first-order chi connectivity index (χ1) is 12.5. The zero-order valence-electron chi connectivity index (χ0n) is 17.1. The Bertz CT molecular complexity index is 801. The van der Waals surface area contributed by atoms with Gasteiger partial charge >= 0.3 is 5.97 Å². The quantitative estimate of drug-likeness (QED) is 0.650. The van der Waals surface area contributed by atoms with E-state index < -0.39 is 10.8 Å². The maximum absolute atomic E-state index is 13.4. The summed E-state index contributed by atoms with van der Waals surface area (Å²) in [6, 6.07) is 0. The van der Waals surface area contributed by atoms with Crippen LogP contribution in [0.5, 0.6) is 0 Å². The van der Waals surface area contributed by atoms with Gasteiger partial charge in [-0.15, -0.1) is 0 Å². The summed E-state index contributed by atoms with van der Waals surface area (Å²) in [5, 5.41) is 0. The Labute approximate surface area is 161 Å². The van der Waals surface area contributed by atoms with Crippen LogP contribution in [0, 0.1) is 28.1 Å². The zero-order chi connectivity index (χ0) is 19.8. The van der Waals surface area contributed by atoms with Gasteiger partial charge in [0.25, 0.3) is 0 Å². The van der Waals surface area contributed by atoms with Crippen LogP contribution in [0.25, 0.3) is 0 Å². The van der Waals surface area contributed by atoms with Crippen molar-refractivity contribution >= 4 is 17.5 Å². The van der Waals surface area contributed by atoms with Crippen molar-refractivity contribution in [2.45, 2.75) is 72.8 Å². The van der Waals surface area contributed by atoms with Gasteiger partial charge in [-0.05, 0) is 49.2 Å². The van der Waals surface area contributed by atoms with Gasteiger partial charge < -0.3 is 4.74 Å². The number of carbonyl (C=O) groups excluding carboxylic acids is 3. The lowest BCUT2D eigenvalue weighted by Crippen LogP contribution is -2.50. The molecule has 4 aliphatic carbocycles. The van der Waals surface area contributed by atoms with Crippen molar-refractivity contribution in [3.63, 3.8) is 0 Å². The molecule has 4 nitrogen and oxygen atoms in total. The summed E-state index contributed by atoms with van der Waals surface area (Å²) in [4.78, 5) is 37.5. The molecule has 5 atom stereocenters. The fourth-order valence-corrected chi connectivity index (χ4v) is 6.65. The van der Waals surface area contributed by atoms with E-state index in [9.17, 15) is 14.4 Å². The summed E-state index contributed by atoms with van der Waals surface area (Å²) in [6.45, 7) is 9.84. The molecule has 146 valence electrons. The summed E-state index contributed by atoms with van der Waals surface area (Å²) < 4.78 is 5.64. The molecule has 0 aromatic rings. The largest absolute Gasteiger partial charge is 0.462 e. The van der Waals surface area contributed by atoms with Crippen molar-refractivity contribution in [3.8, 4) is 0 Å². The molecule has 0 aliphatic heterocycles. The first kappa shape index (κ1) is 18.6. The summed E-state index contributed by atoms with van der Waals surface area (Å²) in [6.07, 6.45) is 7.53. The highest BCUT2D eigenvalue weighted by Crippen LogP contribution is 2.64. The number of allylic oxidation sites excluding steroid dienone is 4. The van der Waals surface area contributed by atoms with Crippen LogP contribution in [0.3, 0.4) is 0 Å². The Hall–Kier alpha value is -1.71. The first-order valence-electron chi connectivity index (χ1n) is 10.2. The molecule has 1 saturated carbocycles. The maximum Gasteiger partial charge on any atom is 0.302 e. The highest BCUT2D eigenvalue weighted by Gasteiger charge is 2.61. The second kappa shape index (κ2) is 5.65. The second-order valence-corrected chi connectivity index (χ2v) is 9.86. The molecule has 1 fully saturated rings. The molecule has 0 radical (unpaired) electrons. The Kier molecular flexibility index (Phi) is 3.90. The number of ketones is 2. The fourth-order valence-electron chi connectivity index (χ4n) is 6.65. The molecule has 0 aromatic heterocycles. The van der Waals surface area contributed by atoms with Crippen LogP contribution in [0.15, 0.2) is 23.3 Å². The van der Waals surface area contributed by atoms with Gasteiger partial charge in [-0.1, -0.05) is 39.3 Å². The Morgan fingerprint density at radius 3 is 2.48 bits per heavy atom. The van der Waals surface area contributed by atoms with E-state index in [2.05, 4.69) is 13.8 Å². The Balaban J connectivity index is 1.76. The molecule has 0 aromatic carbocycles. The lowest BCUT2D eigenvalue weighted by Gasteiger charge is -2.52. The number of hydrogen-bond donors (Lipinski definition) is 0. The van der Waals surface area contributed by atoms with Gasteiger partial charge in [0.1, 0.15) is 6.10 Å². The number of ether oxygens (including phenoxy) is 1. The van der Waals surface area contributed by atoms with Crippen LogP contribution in [-0.4, -0.2) is 23.6 Å². The summed E-state index contributed by atoms with van der Waals surface area (Å²) in [7, 11) is 0. The first-order valence-corrected chi connectivity index (χ1v) is 10.2. The van der Waals surface area contributed by atoms with Crippen molar-refractivity contribution in [1.29, 1.82) is 0 Å². The minimum absolute atomic E-state index is 0.0996. The minimum atomic E-state index is -0.544. The van der Waals surface area contributed by atoms with Gasteiger partial charge in [-0.3, -0.25) is 14.4 Å². The summed E-state index contributed by atoms with van der Waals surface area (Å²) in [5.41, 5.74) is 1.16. The fraction of sp³-hybridized carbons (Fsp3) is 0.696. The molecule has 1 spiro atoms. The normalized spacial score (nSPS) is 42.5. The molecule has 0 bridgehead atoms. The highest BCUT2D eigenvalue weighted by molar-refractivity contribution is 6.03. The summed E-state index contributed by atoms with van der Waals surface area (Å²) in [5.74, 6) is 0.445. The van der Waals surface area contributed by atoms with Crippen LogP contribution in [0.1, 0.15) is 66.7 Å². The molecule has 0 saturated heterocycles.